The molecule has 0 heterocycles. The molecule has 0 aliphatic carbocycles. The van der Waals surface area contributed by atoms with Gasteiger partial charge in [-0.1, -0.05) is 12.2 Å². The number of hydrogen-bond donors (Lipinski definition) is 1. The predicted octanol–water partition coefficient (Wildman–Crippen LogP) is 3.01. The van der Waals surface area contributed by atoms with Gasteiger partial charge >= 0.3 is 12.1 Å². The Morgan fingerprint density at radius 3 is 2.44 bits per heavy atom. The molecule has 3 nitrogen and oxygen atoms in total. The van der Waals surface area contributed by atoms with E-state index in [4.69, 9.17) is 5.11 Å². The van der Waals surface area contributed by atoms with Crippen molar-refractivity contribution in [3.05, 3.63) is 41.0 Å². The molecule has 0 aliphatic rings. The van der Waals surface area contributed by atoms with E-state index in [2.05, 4.69) is 0 Å². The van der Waals surface area contributed by atoms with Gasteiger partial charge in [-0.25, -0.2) is 4.79 Å². The van der Waals surface area contributed by atoms with Crippen LogP contribution in [0.4, 0.5) is 13.2 Å². The molecule has 0 saturated carbocycles. The quantitative estimate of drug-likeness (QED) is 0.844. The second-order valence-corrected chi connectivity index (χ2v) is 3.45. The first-order valence-corrected chi connectivity index (χ1v) is 4.90. The number of alkyl halides is 3. The molecular weight excluding hydrogens is 249 g/mol. The molecule has 0 bridgehead atoms. The van der Waals surface area contributed by atoms with E-state index in [1.54, 1.807) is 0 Å². The molecule has 96 valence electrons. The summed E-state index contributed by atoms with van der Waals surface area (Å²) in [5.41, 5.74) is -1.40. The number of aldehydes is 1. The number of carboxylic acid groups (broad SMARTS) is 1. The van der Waals surface area contributed by atoms with Crippen LogP contribution in [0.3, 0.4) is 0 Å². The van der Waals surface area contributed by atoms with Gasteiger partial charge in [-0.15, -0.1) is 0 Å². The van der Waals surface area contributed by atoms with Gasteiger partial charge in [-0.3, -0.25) is 0 Å². The lowest BCUT2D eigenvalue weighted by atomic mass is 10.0. The van der Waals surface area contributed by atoms with E-state index in [0.717, 1.165) is 12.1 Å². The van der Waals surface area contributed by atoms with E-state index in [1.807, 2.05) is 0 Å². The lowest BCUT2D eigenvalue weighted by molar-refractivity contribution is -0.137. The number of aromatic carboxylic acids is 1. The molecule has 0 atom stereocenters. The van der Waals surface area contributed by atoms with Crippen molar-refractivity contribution in [1.29, 1.82) is 0 Å². The second-order valence-electron chi connectivity index (χ2n) is 3.45. The number of halogens is 3. The van der Waals surface area contributed by atoms with E-state index in [9.17, 15) is 22.8 Å². The maximum atomic E-state index is 12.5. The highest BCUT2D eigenvalue weighted by molar-refractivity contribution is 5.88. The number of carbonyl (C=O) groups is 2. The van der Waals surface area contributed by atoms with E-state index in [-0.39, 0.29) is 12.0 Å². The van der Waals surface area contributed by atoms with E-state index < -0.39 is 23.3 Å². The Morgan fingerprint density at radius 2 is 1.94 bits per heavy atom. The number of carboxylic acids is 1. The first kappa shape index (κ1) is 14.0. The zero-order valence-corrected chi connectivity index (χ0v) is 9.07. The predicted molar refractivity (Wildman–Crippen MR) is 58.1 cm³/mol. The van der Waals surface area contributed by atoms with Crippen molar-refractivity contribution in [3.8, 4) is 0 Å². The number of allylic oxidation sites excluding steroid dienone is 1. The van der Waals surface area contributed by atoms with Crippen LogP contribution < -0.4 is 0 Å². The third kappa shape index (κ3) is 3.73. The summed E-state index contributed by atoms with van der Waals surface area (Å²) < 4.78 is 37.6. The smallest absolute Gasteiger partial charge is 0.416 e. The maximum absolute atomic E-state index is 12.5. The van der Waals surface area contributed by atoms with Crippen LogP contribution in [0.1, 0.15) is 27.9 Å². The molecular formula is C12H9F3O3. The third-order valence-corrected chi connectivity index (χ3v) is 2.07. The summed E-state index contributed by atoms with van der Waals surface area (Å²) in [6.07, 6.45) is -1.34. The number of hydrogen-bond acceptors (Lipinski definition) is 2. The highest BCUT2D eigenvalue weighted by Gasteiger charge is 2.31. The molecule has 0 aliphatic heterocycles. The van der Waals surface area contributed by atoms with E-state index >= 15 is 0 Å². The molecule has 6 heteroatoms. The summed E-state index contributed by atoms with van der Waals surface area (Å²) in [6.45, 7) is 0. The van der Waals surface area contributed by atoms with Crippen LogP contribution in [0, 0.1) is 0 Å². The van der Waals surface area contributed by atoms with Crippen LogP contribution in [0.15, 0.2) is 24.3 Å². The van der Waals surface area contributed by atoms with Crippen LogP contribution in [-0.4, -0.2) is 17.4 Å². The van der Waals surface area contributed by atoms with Crippen molar-refractivity contribution in [3.63, 3.8) is 0 Å². The minimum Gasteiger partial charge on any atom is -0.478 e. The highest BCUT2D eigenvalue weighted by atomic mass is 19.4. The molecule has 0 radical (unpaired) electrons. The van der Waals surface area contributed by atoms with E-state index in [0.29, 0.717) is 12.4 Å². The monoisotopic (exact) mass is 258 g/mol. The lowest BCUT2D eigenvalue weighted by Gasteiger charge is -2.08. The van der Waals surface area contributed by atoms with Crippen molar-refractivity contribution in [1.82, 2.24) is 0 Å². The fourth-order valence-corrected chi connectivity index (χ4v) is 1.29. The van der Waals surface area contributed by atoms with Gasteiger partial charge in [0, 0.05) is 6.42 Å². The van der Waals surface area contributed by atoms with Gasteiger partial charge in [0.25, 0.3) is 0 Å². The van der Waals surface area contributed by atoms with Gasteiger partial charge < -0.3 is 9.90 Å². The van der Waals surface area contributed by atoms with Gasteiger partial charge in [0.1, 0.15) is 6.29 Å². The first-order chi connectivity index (χ1) is 8.34. The maximum Gasteiger partial charge on any atom is 0.416 e. The average Bonchev–Trinajstić information content (AvgIpc) is 2.28. The fraction of sp³-hybridized carbons (Fsp3) is 0.167. The zero-order valence-electron chi connectivity index (χ0n) is 9.07. The molecule has 0 spiro atoms. The number of rotatable bonds is 4. The Hall–Kier alpha value is -2.11. The summed E-state index contributed by atoms with van der Waals surface area (Å²) in [5.74, 6) is -1.44. The molecule has 0 fully saturated rings. The van der Waals surface area contributed by atoms with E-state index in [1.165, 1.54) is 12.2 Å². The van der Waals surface area contributed by atoms with Gasteiger partial charge in [-0.05, 0) is 23.8 Å². The summed E-state index contributed by atoms with van der Waals surface area (Å²) in [5, 5.41) is 8.72. The summed E-state index contributed by atoms with van der Waals surface area (Å²) in [4.78, 5) is 20.8. The van der Waals surface area contributed by atoms with Crippen LogP contribution >= 0.6 is 0 Å². The van der Waals surface area contributed by atoms with Crippen molar-refractivity contribution < 1.29 is 27.9 Å². The van der Waals surface area contributed by atoms with Crippen LogP contribution in [-0.2, 0) is 11.0 Å². The van der Waals surface area contributed by atoms with Gasteiger partial charge in [0.05, 0.1) is 11.1 Å². The van der Waals surface area contributed by atoms with Crippen molar-refractivity contribution in [2.45, 2.75) is 12.6 Å². The molecule has 1 N–H and O–H groups in total. The fourth-order valence-electron chi connectivity index (χ4n) is 1.29. The minimum absolute atomic E-state index is 0.0542. The topological polar surface area (TPSA) is 54.4 Å². The Kier molecular flexibility index (Phi) is 4.25. The van der Waals surface area contributed by atoms with Crippen molar-refractivity contribution >= 4 is 18.3 Å². The Bertz CT molecular complexity index is 490. The summed E-state index contributed by atoms with van der Waals surface area (Å²) in [7, 11) is 0. The largest absolute Gasteiger partial charge is 0.478 e. The standard InChI is InChI=1S/C12H9F3O3/c13-12(14,15)10-6-8(3-1-2-4-16)5-9(7-10)11(17)18/h1,3-7H,2H2,(H,17,18). The first-order valence-electron chi connectivity index (χ1n) is 4.90. The van der Waals surface area contributed by atoms with Gasteiger partial charge in [-0.2, -0.15) is 13.2 Å². The van der Waals surface area contributed by atoms with Gasteiger partial charge in [0.2, 0.25) is 0 Å². The molecule has 0 saturated heterocycles. The van der Waals surface area contributed by atoms with Crippen molar-refractivity contribution in [2.75, 3.05) is 0 Å². The Balaban J connectivity index is 3.22. The second kappa shape index (κ2) is 5.48. The number of benzene rings is 1. The lowest BCUT2D eigenvalue weighted by Crippen LogP contribution is -2.08. The molecule has 0 amide bonds. The van der Waals surface area contributed by atoms with Gasteiger partial charge in [0.15, 0.2) is 0 Å². The zero-order chi connectivity index (χ0) is 13.8. The average molecular weight is 258 g/mol. The van der Waals surface area contributed by atoms with Crippen LogP contribution in [0.25, 0.3) is 6.08 Å². The van der Waals surface area contributed by atoms with Crippen LogP contribution in [0.5, 0.6) is 0 Å². The molecule has 0 unspecified atom stereocenters. The Morgan fingerprint density at radius 1 is 1.28 bits per heavy atom. The molecule has 1 rings (SSSR count). The molecule has 1 aromatic carbocycles. The van der Waals surface area contributed by atoms with Crippen molar-refractivity contribution in [2.24, 2.45) is 0 Å². The third-order valence-electron chi connectivity index (χ3n) is 2.07. The highest BCUT2D eigenvalue weighted by Crippen LogP contribution is 2.31. The van der Waals surface area contributed by atoms with Crippen LogP contribution in [0.2, 0.25) is 0 Å². The molecule has 18 heavy (non-hydrogen) atoms. The number of carbonyl (C=O) groups excluding carboxylic acids is 1. The summed E-state index contributed by atoms with van der Waals surface area (Å²) in [6, 6.07) is 2.51. The summed E-state index contributed by atoms with van der Waals surface area (Å²) >= 11 is 0. The minimum atomic E-state index is -4.61. The normalized spacial score (nSPS) is 11.7. The Labute approximate surface area is 101 Å². The SMILES string of the molecule is O=CCC=Cc1cc(C(=O)O)cc(C(F)(F)F)c1. The molecule has 1 aromatic rings. The molecule has 0 aromatic heterocycles.